The van der Waals surface area contributed by atoms with Crippen LogP contribution in [0.2, 0.25) is 5.02 Å². The molecule has 0 saturated heterocycles. The Hall–Kier alpha value is -2.27. The lowest BCUT2D eigenvalue weighted by Crippen LogP contribution is -1.94. The fourth-order valence-electron chi connectivity index (χ4n) is 1.71. The highest BCUT2D eigenvalue weighted by atomic mass is 35.5. The van der Waals surface area contributed by atoms with Crippen LogP contribution >= 0.6 is 11.6 Å². The van der Waals surface area contributed by atoms with E-state index in [1.807, 2.05) is 19.2 Å². The van der Waals surface area contributed by atoms with Crippen LogP contribution in [0.3, 0.4) is 0 Å². The molecule has 2 aromatic carbocycles. The number of ether oxygens (including phenoxy) is 1. The Morgan fingerprint density at radius 3 is 2.45 bits per heavy atom. The molecule has 20 heavy (non-hydrogen) atoms. The maximum Gasteiger partial charge on any atom is 0.288 e. The van der Waals surface area contributed by atoms with E-state index in [1.165, 1.54) is 12.1 Å². The van der Waals surface area contributed by atoms with Crippen LogP contribution in [0.1, 0.15) is 5.56 Å². The molecule has 2 rings (SSSR count). The van der Waals surface area contributed by atoms with E-state index in [4.69, 9.17) is 16.3 Å². The Morgan fingerprint density at radius 1 is 1.25 bits per heavy atom. The van der Waals surface area contributed by atoms with Crippen LogP contribution < -0.4 is 10.1 Å². The highest BCUT2D eigenvalue weighted by molar-refractivity contribution is 6.32. The molecule has 0 aliphatic rings. The van der Waals surface area contributed by atoms with Gasteiger partial charge in [0.2, 0.25) is 0 Å². The Kier molecular flexibility index (Phi) is 4.10. The highest BCUT2D eigenvalue weighted by Gasteiger charge is 2.16. The van der Waals surface area contributed by atoms with Gasteiger partial charge < -0.3 is 10.1 Å². The van der Waals surface area contributed by atoms with E-state index >= 15 is 0 Å². The maximum absolute atomic E-state index is 10.8. The molecule has 0 aromatic heterocycles. The number of hydrogen-bond donors (Lipinski definition) is 1. The standard InChI is InChI=1S/C14H13ClN2O3/c1-9-7-13(17(18)19)12(15)8-14(9)20-11-5-3-10(16-2)4-6-11/h3-8,16H,1-2H3. The molecule has 0 saturated carbocycles. The summed E-state index contributed by atoms with van der Waals surface area (Å²) in [7, 11) is 1.83. The molecule has 5 nitrogen and oxygen atoms in total. The van der Waals surface area contributed by atoms with Gasteiger partial charge >= 0.3 is 0 Å². The van der Waals surface area contributed by atoms with E-state index in [1.54, 1.807) is 19.1 Å². The highest BCUT2D eigenvalue weighted by Crippen LogP contribution is 2.34. The maximum atomic E-state index is 10.8. The number of rotatable bonds is 4. The SMILES string of the molecule is CNc1ccc(Oc2cc(Cl)c([N+](=O)[O-])cc2C)cc1. The van der Waals surface area contributed by atoms with Crippen molar-refractivity contribution in [2.24, 2.45) is 0 Å². The molecule has 0 atom stereocenters. The lowest BCUT2D eigenvalue weighted by Gasteiger charge is -2.10. The van der Waals surface area contributed by atoms with Crippen molar-refractivity contribution in [1.82, 2.24) is 0 Å². The Balaban J connectivity index is 2.29. The number of hydrogen-bond acceptors (Lipinski definition) is 4. The summed E-state index contributed by atoms with van der Waals surface area (Å²) in [5, 5.41) is 13.9. The monoisotopic (exact) mass is 292 g/mol. The van der Waals surface area contributed by atoms with Crippen LogP contribution in [0, 0.1) is 17.0 Å². The second-order valence-electron chi connectivity index (χ2n) is 4.20. The minimum absolute atomic E-state index is 0.0578. The number of nitrogens with zero attached hydrogens (tertiary/aromatic N) is 1. The largest absolute Gasteiger partial charge is 0.457 e. The second-order valence-corrected chi connectivity index (χ2v) is 4.61. The van der Waals surface area contributed by atoms with Gasteiger partial charge in [-0.25, -0.2) is 0 Å². The smallest absolute Gasteiger partial charge is 0.288 e. The first-order valence-corrected chi connectivity index (χ1v) is 6.29. The van der Waals surface area contributed by atoms with Gasteiger partial charge in [-0.05, 0) is 36.8 Å². The first-order chi connectivity index (χ1) is 9.51. The predicted molar refractivity (Wildman–Crippen MR) is 78.9 cm³/mol. The van der Waals surface area contributed by atoms with Gasteiger partial charge in [-0.15, -0.1) is 0 Å². The first-order valence-electron chi connectivity index (χ1n) is 5.91. The number of halogens is 1. The Bertz CT molecular complexity index is 642. The fourth-order valence-corrected chi connectivity index (χ4v) is 1.94. The summed E-state index contributed by atoms with van der Waals surface area (Å²) < 4.78 is 5.69. The van der Waals surface area contributed by atoms with Gasteiger partial charge in [0.1, 0.15) is 16.5 Å². The van der Waals surface area contributed by atoms with Crippen molar-refractivity contribution in [2.45, 2.75) is 6.92 Å². The van der Waals surface area contributed by atoms with Crippen molar-refractivity contribution in [3.63, 3.8) is 0 Å². The Morgan fingerprint density at radius 2 is 1.90 bits per heavy atom. The Labute approximate surface area is 121 Å². The van der Waals surface area contributed by atoms with Crippen LogP contribution in [0.15, 0.2) is 36.4 Å². The molecule has 1 N–H and O–H groups in total. The molecule has 0 radical (unpaired) electrons. The zero-order chi connectivity index (χ0) is 14.7. The third-order valence-electron chi connectivity index (χ3n) is 2.81. The van der Waals surface area contributed by atoms with Crippen molar-refractivity contribution in [1.29, 1.82) is 0 Å². The molecule has 0 aliphatic heterocycles. The molecule has 0 bridgehead atoms. The van der Waals surface area contributed by atoms with Crippen molar-refractivity contribution in [3.8, 4) is 11.5 Å². The molecule has 6 heteroatoms. The summed E-state index contributed by atoms with van der Waals surface area (Å²) in [6.45, 7) is 1.74. The van der Waals surface area contributed by atoms with Crippen LogP contribution in [0.4, 0.5) is 11.4 Å². The molecular weight excluding hydrogens is 280 g/mol. The zero-order valence-electron chi connectivity index (χ0n) is 11.0. The molecular formula is C14H13ClN2O3. The predicted octanol–water partition coefficient (Wildman–Crippen LogP) is 4.39. The normalized spacial score (nSPS) is 10.2. The summed E-state index contributed by atoms with van der Waals surface area (Å²) in [6.07, 6.45) is 0. The topological polar surface area (TPSA) is 64.4 Å². The van der Waals surface area contributed by atoms with Crippen molar-refractivity contribution >= 4 is 23.0 Å². The van der Waals surface area contributed by atoms with E-state index in [0.29, 0.717) is 17.1 Å². The van der Waals surface area contributed by atoms with E-state index in [9.17, 15) is 10.1 Å². The number of nitro groups is 1. The van der Waals surface area contributed by atoms with E-state index in [-0.39, 0.29) is 10.7 Å². The first kappa shape index (κ1) is 14.1. The van der Waals surface area contributed by atoms with Gasteiger partial charge in [-0.2, -0.15) is 0 Å². The van der Waals surface area contributed by atoms with Gasteiger partial charge in [-0.1, -0.05) is 11.6 Å². The van der Waals surface area contributed by atoms with Crippen LogP contribution in [0.5, 0.6) is 11.5 Å². The minimum Gasteiger partial charge on any atom is -0.457 e. The van der Waals surface area contributed by atoms with Gasteiger partial charge in [0.25, 0.3) is 5.69 Å². The molecule has 0 aliphatic carbocycles. The molecule has 0 amide bonds. The average molecular weight is 293 g/mol. The van der Waals surface area contributed by atoms with Gasteiger partial charge in [0, 0.05) is 24.9 Å². The van der Waals surface area contributed by atoms with Crippen molar-refractivity contribution in [3.05, 3.63) is 57.1 Å². The third-order valence-corrected chi connectivity index (χ3v) is 3.11. The van der Waals surface area contributed by atoms with Crippen molar-refractivity contribution in [2.75, 3.05) is 12.4 Å². The summed E-state index contributed by atoms with van der Waals surface area (Å²) in [6, 6.07) is 10.2. The third kappa shape index (κ3) is 3.00. The average Bonchev–Trinajstić information content (AvgIpc) is 2.43. The zero-order valence-corrected chi connectivity index (χ0v) is 11.8. The number of nitrogens with one attached hydrogen (secondary N) is 1. The fraction of sp³-hybridized carbons (Fsp3) is 0.143. The van der Waals surface area contributed by atoms with Crippen LogP contribution in [-0.2, 0) is 0 Å². The quantitative estimate of drug-likeness (QED) is 0.670. The summed E-state index contributed by atoms with van der Waals surface area (Å²) in [5.41, 5.74) is 1.50. The van der Waals surface area contributed by atoms with Gasteiger partial charge in [0.15, 0.2) is 0 Å². The summed E-state index contributed by atoms with van der Waals surface area (Å²) >= 11 is 5.88. The minimum atomic E-state index is -0.513. The van der Waals surface area contributed by atoms with E-state index in [2.05, 4.69) is 5.32 Å². The summed E-state index contributed by atoms with van der Waals surface area (Å²) in [5.74, 6) is 1.13. The summed E-state index contributed by atoms with van der Waals surface area (Å²) in [4.78, 5) is 10.3. The van der Waals surface area contributed by atoms with Gasteiger partial charge in [0.05, 0.1) is 4.92 Å². The lowest BCUT2D eigenvalue weighted by molar-refractivity contribution is -0.384. The number of nitro benzene ring substituents is 1. The van der Waals surface area contributed by atoms with Crippen molar-refractivity contribution < 1.29 is 9.66 Å². The number of anilines is 1. The van der Waals surface area contributed by atoms with Gasteiger partial charge in [-0.3, -0.25) is 10.1 Å². The molecule has 104 valence electrons. The van der Waals surface area contributed by atoms with Crippen LogP contribution in [0.25, 0.3) is 0 Å². The molecule has 0 unspecified atom stereocenters. The molecule has 0 fully saturated rings. The number of benzene rings is 2. The molecule has 0 spiro atoms. The molecule has 2 aromatic rings. The van der Waals surface area contributed by atoms with E-state index in [0.717, 1.165) is 5.69 Å². The second kappa shape index (κ2) is 5.79. The lowest BCUT2D eigenvalue weighted by atomic mass is 10.2. The van der Waals surface area contributed by atoms with Crippen LogP contribution in [-0.4, -0.2) is 12.0 Å². The molecule has 0 heterocycles. The number of aryl methyl sites for hydroxylation is 1. The van der Waals surface area contributed by atoms with E-state index < -0.39 is 4.92 Å².